The monoisotopic (exact) mass is 414 g/mol. The Hall–Kier alpha value is -2.89. The van der Waals surface area contributed by atoms with E-state index >= 15 is 0 Å². The second-order valence-corrected chi connectivity index (χ2v) is 8.65. The first-order valence-electron chi connectivity index (χ1n) is 11.2. The molecule has 1 N–H and O–H groups in total. The zero-order chi connectivity index (χ0) is 21.2. The third-order valence-electron chi connectivity index (χ3n) is 6.72. The number of rotatable bonds is 5. The van der Waals surface area contributed by atoms with Gasteiger partial charge in [0.1, 0.15) is 0 Å². The van der Waals surface area contributed by atoms with Crippen LogP contribution in [0.1, 0.15) is 39.1 Å². The zero-order valence-electron chi connectivity index (χ0n) is 18.1. The molecule has 160 valence electrons. The van der Waals surface area contributed by atoms with Gasteiger partial charge in [-0.05, 0) is 29.3 Å². The summed E-state index contributed by atoms with van der Waals surface area (Å²) in [6, 6.07) is 22.8. The fraction of sp³-hybridized carbons (Fsp3) is 0.346. The molecule has 31 heavy (non-hydrogen) atoms. The van der Waals surface area contributed by atoms with Crippen LogP contribution in [0.4, 0.5) is 0 Å². The van der Waals surface area contributed by atoms with E-state index in [2.05, 4.69) is 69.3 Å². The van der Waals surface area contributed by atoms with Crippen molar-refractivity contribution in [2.45, 2.75) is 18.5 Å². The minimum absolute atomic E-state index is 0.00232. The third kappa shape index (κ3) is 3.91. The average molecular weight is 415 g/mol. The van der Waals surface area contributed by atoms with E-state index in [1.54, 1.807) is 0 Å². The molecule has 1 fully saturated rings. The Morgan fingerprint density at radius 1 is 0.935 bits per heavy atom. The van der Waals surface area contributed by atoms with E-state index in [9.17, 15) is 4.79 Å². The normalized spacial score (nSPS) is 21.8. The molecule has 0 spiro atoms. The Balaban J connectivity index is 1.60. The Morgan fingerprint density at radius 2 is 1.68 bits per heavy atom. The molecule has 0 aliphatic carbocycles. The van der Waals surface area contributed by atoms with E-state index in [0.29, 0.717) is 6.54 Å². The maximum Gasteiger partial charge on any atom is 0.255 e. The number of carbonyl (C=O) groups excluding carboxylic acids is 1. The molecule has 0 radical (unpaired) electrons. The summed E-state index contributed by atoms with van der Waals surface area (Å²) < 4.78 is 2.18. The molecule has 1 saturated heterocycles. The molecule has 2 aromatic carbocycles. The van der Waals surface area contributed by atoms with Gasteiger partial charge < -0.3 is 19.7 Å². The largest absolute Gasteiger partial charge is 0.353 e. The fourth-order valence-electron chi connectivity index (χ4n) is 5.15. The molecule has 5 nitrogen and oxygen atoms in total. The number of aryl methyl sites for hydroxylation is 1. The summed E-state index contributed by atoms with van der Waals surface area (Å²) >= 11 is 0. The van der Waals surface area contributed by atoms with Gasteiger partial charge in [0.05, 0.1) is 6.04 Å². The lowest BCUT2D eigenvalue weighted by atomic mass is 9.80. The summed E-state index contributed by atoms with van der Waals surface area (Å²) in [7, 11) is 2.09. The van der Waals surface area contributed by atoms with E-state index in [4.69, 9.17) is 0 Å². The number of nitrogens with one attached hydrogen (secondary N) is 1. The lowest BCUT2D eigenvalue weighted by Gasteiger charge is -2.44. The van der Waals surface area contributed by atoms with E-state index < -0.39 is 0 Å². The number of hydrogen-bond acceptors (Lipinski definition) is 3. The highest BCUT2D eigenvalue weighted by Crippen LogP contribution is 2.43. The molecule has 2 aliphatic heterocycles. The molecule has 3 heterocycles. The van der Waals surface area contributed by atoms with Gasteiger partial charge in [0.25, 0.3) is 5.91 Å². The van der Waals surface area contributed by atoms with Crippen LogP contribution >= 0.6 is 0 Å². The van der Waals surface area contributed by atoms with Gasteiger partial charge in [0, 0.05) is 69.7 Å². The maximum atomic E-state index is 13.8. The highest BCUT2D eigenvalue weighted by atomic mass is 16.2. The van der Waals surface area contributed by atoms with Gasteiger partial charge in [-0.1, -0.05) is 48.5 Å². The summed E-state index contributed by atoms with van der Waals surface area (Å²) in [5.41, 5.74) is 4.39. The number of aromatic nitrogens is 1. The van der Waals surface area contributed by atoms with Gasteiger partial charge in [-0.3, -0.25) is 4.79 Å². The zero-order valence-corrected chi connectivity index (χ0v) is 18.1. The van der Waals surface area contributed by atoms with Crippen molar-refractivity contribution in [1.82, 2.24) is 19.7 Å². The SMILES string of the molecule is Cn1cccc1C1C(CN2CCNCC2)c2ccccc2C(=O)N1Cc1ccccc1. The van der Waals surface area contributed by atoms with E-state index in [-0.39, 0.29) is 17.9 Å². The first kappa shape index (κ1) is 20.0. The third-order valence-corrected chi connectivity index (χ3v) is 6.72. The van der Waals surface area contributed by atoms with Gasteiger partial charge >= 0.3 is 0 Å². The molecule has 2 atom stereocenters. The van der Waals surface area contributed by atoms with E-state index in [0.717, 1.165) is 43.9 Å². The van der Waals surface area contributed by atoms with Crippen LogP contribution in [-0.4, -0.2) is 53.0 Å². The molecule has 1 amide bonds. The molecule has 2 aliphatic rings. The summed E-state index contributed by atoms with van der Waals surface area (Å²) in [6.07, 6.45) is 2.09. The van der Waals surface area contributed by atoms with Crippen molar-refractivity contribution < 1.29 is 4.79 Å². The highest BCUT2D eigenvalue weighted by molar-refractivity contribution is 5.97. The summed E-state index contributed by atoms with van der Waals surface area (Å²) in [5.74, 6) is 0.353. The van der Waals surface area contributed by atoms with Crippen molar-refractivity contribution in [2.75, 3.05) is 32.7 Å². The smallest absolute Gasteiger partial charge is 0.255 e. The second-order valence-electron chi connectivity index (χ2n) is 8.65. The molecule has 1 aromatic heterocycles. The van der Waals surface area contributed by atoms with Crippen LogP contribution in [0.25, 0.3) is 0 Å². The number of piperazine rings is 1. The number of nitrogens with zero attached hydrogens (tertiary/aromatic N) is 3. The van der Waals surface area contributed by atoms with Crippen LogP contribution < -0.4 is 5.32 Å². The van der Waals surface area contributed by atoms with Gasteiger partial charge in [-0.15, -0.1) is 0 Å². The Bertz CT molecular complexity index is 1040. The van der Waals surface area contributed by atoms with Gasteiger partial charge in [-0.2, -0.15) is 0 Å². The molecular weight excluding hydrogens is 384 g/mol. The summed E-state index contributed by atoms with van der Waals surface area (Å²) in [6.45, 7) is 5.71. The lowest BCUT2D eigenvalue weighted by molar-refractivity contribution is 0.0541. The quantitative estimate of drug-likeness (QED) is 0.696. The van der Waals surface area contributed by atoms with Crippen LogP contribution in [0.5, 0.6) is 0 Å². The minimum atomic E-state index is -0.00232. The van der Waals surface area contributed by atoms with Crippen LogP contribution in [-0.2, 0) is 13.6 Å². The van der Waals surface area contributed by atoms with Crippen molar-refractivity contribution in [3.8, 4) is 0 Å². The van der Waals surface area contributed by atoms with Crippen LogP contribution in [0.15, 0.2) is 72.9 Å². The topological polar surface area (TPSA) is 40.5 Å². The molecule has 0 bridgehead atoms. The summed E-state index contributed by atoms with van der Waals surface area (Å²) in [5, 5.41) is 3.46. The number of fused-ring (bicyclic) bond motifs is 1. The molecule has 3 aromatic rings. The van der Waals surface area contributed by atoms with Crippen LogP contribution in [0.3, 0.4) is 0 Å². The Morgan fingerprint density at radius 3 is 2.42 bits per heavy atom. The number of hydrogen-bond donors (Lipinski definition) is 1. The first-order valence-corrected chi connectivity index (χ1v) is 11.2. The van der Waals surface area contributed by atoms with E-state index in [1.807, 2.05) is 30.3 Å². The Kier molecular flexibility index (Phi) is 5.62. The number of benzene rings is 2. The lowest BCUT2D eigenvalue weighted by Crippen LogP contribution is -2.49. The fourth-order valence-corrected chi connectivity index (χ4v) is 5.15. The molecule has 5 rings (SSSR count). The maximum absolute atomic E-state index is 13.8. The standard InChI is InChI=1S/C26H30N4O/c1-28-15-7-12-24(28)25-23(19-29-16-13-27-14-17-29)21-10-5-6-11-22(21)26(31)30(25)18-20-8-3-2-4-9-20/h2-12,15,23,25,27H,13-14,16-19H2,1H3. The Labute approximate surface area is 184 Å². The van der Waals surface area contributed by atoms with Crippen molar-refractivity contribution in [2.24, 2.45) is 7.05 Å². The average Bonchev–Trinajstić information content (AvgIpc) is 3.24. The number of amides is 1. The molecule has 0 saturated carbocycles. The number of carbonyl (C=O) groups is 1. The van der Waals surface area contributed by atoms with Gasteiger partial charge in [-0.25, -0.2) is 0 Å². The first-order chi connectivity index (χ1) is 15.2. The van der Waals surface area contributed by atoms with E-state index in [1.165, 1.54) is 11.3 Å². The predicted octanol–water partition coefficient (Wildman–Crippen LogP) is 3.41. The van der Waals surface area contributed by atoms with Crippen molar-refractivity contribution in [3.63, 3.8) is 0 Å². The van der Waals surface area contributed by atoms with Crippen LogP contribution in [0.2, 0.25) is 0 Å². The molecule has 5 heteroatoms. The van der Waals surface area contributed by atoms with Crippen LogP contribution in [0, 0.1) is 0 Å². The summed E-state index contributed by atoms with van der Waals surface area (Å²) in [4.78, 5) is 18.4. The van der Waals surface area contributed by atoms with Crippen molar-refractivity contribution in [3.05, 3.63) is 95.3 Å². The molecule has 2 unspecified atom stereocenters. The predicted molar refractivity (Wildman–Crippen MR) is 123 cm³/mol. The highest BCUT2D eigenvalue weighted by Gasteiger charge is 2.42. The van der Waals surface area contributed by atoms with Crippen molar-refractivity contribution in [1.29, 1.82) is 0 Å². The minimum Gasteiger partial charge on any atom is -0.353 e. The van der Waals surface area contributed by atoms with Gasteiger partial charge in [0.15, 0.2) is 0 Å². The van der Waals surface area contributed by atoms with Crippen molar-refractivity contribution >= 4 is 5.91 Å². The molecular formula is C26H30N4O. The van der Waals surface area contributed by atoms with Gasteiger partial charge in [0.2, 0.25) is 0 Å². The second kappa shape index (κ2) is 8.69.